The molecule has 0 amide bonds. The molecular weight excluding hydrogens is 402 g/mol. The second-order valence-corrected chi connectivity index (χ2v) is 7.18. The van der Waals surface area contributed by atoms with Crippen LogP contribution < -0.4 is 5.32 Å². The molecule has 3 rings (SSSR count). The Bertz CT molecular complexity index is 800. The van der Waals surface area contributed by atoms with Crippen LogP contribution in [0.5, 0.6) is 0 Å². The minimum atomic E-state index is -4.34. The van der Waals surface area contributed by atoms with Gasteiger partial charge in [-0.15, -0.1) is 10.2 Å². The van der Waals surface area contributed by atoms with Crippen molar-refractivity contribution in [2.24, 2.45) is 0 Å². The smallest absolute Gasteiger partial charge is 0.380 e. The molecule has 1 saturated heterocycles. The SMILES string of the molecule is Cc1c(Cl)nnc(Cl)c1NC[C@H]1CCC[C@@H](c2ccc(C(F)(F)F)cc2)O1. The van der Waals surface area contributed by atoms with Gasteiger partial charge >= 0.3 is 6.18 Å². The molecule has 1 aromatic carbocycles. The highest BCUT2D eigenvalue weighted by atomic mass is 35.5. The zero-order chi connectivity index (χ0) is 19.6. The fourth-order valence-electron chi connectivity index (χ4n) is 3.07. The van der Waals surface area contributed by atoms with Gasteiger partial charge < -0.3 is 10.1 Å². The minimum absolute atomic E-state index is 0.103. The molecule has 0 unspecified atom stereocenters. The molecule has 2 aromatic rings. The van der Waals surface area contributed by atoms with Gasteiger partial charge in [0, 0.05) is 12.1 Å². The Hall–Kier alpha value is -1.57. The van der Waals surface area contributed by atoms with Crippen LogP contribution in [0.2, 0.25) is 10.3 Å². The average molecular weight is 420 g/mol. The van der Waals surface area contributed by atoms with E-state index in [0.29, 0.717) is 17.8 Å². The van der Waals surface area contributed by atoms with Crippen molar-refractivity contribution in [2.45, 2.75) is 44.6 Å². The topological polar surface area (TPSA) is 47.0 Å². The third-order valence-electron chi connectivity index (χ3n) is 4.58. The second-order valence-electron chi connectivity index (χ2n) is 6.46. The summed E-state index contributed by atoms with van der Waals surface area (Å²) in [5.41, 5.74) is 1.40. The van der Waals surface area contributed by atoms with Gasteiger partial charge in [0.05, 0.1) is 23.5 Å². The normalized spacial score (nSPS) is 20.5. The van der Waals surface area contributed by atoms with Crippen LogP contribution >= 0.6 is 23.2 Å². The summed E-state index contributed by atoms with van der Waals surface area (Å²) < 4.78 is 44.2. The van der Waals surface area contributed by atoms with Crippen LogP contribution in [0.25, 0.3) is 0 Å². The fraction of sp³-hybridized carbons (Fsp3) is 0.444. The summed E-state index contributed by atoms with van der Waals surface area (Å²) in [6.07, 6.45) is -2.15. The van der Waals surface area contributed by atoms with E-state index in [9.17, 15) is 13.2 Å². The van der Waals surface area contributed by atoms with Gasteiger partial charge in [0.2, 0.25) is 0 Å². The quantitative estimate of drug-likeness (QED) is 0.676. The summed E-state index contributed by atoms with van der Waals surface area (Å²) in [5, 5.41) is 11.2. The standard InChI is InChI=1S/C18H18Cl2F3N3O/c1-10-15(17(20)26-25-16(10)19)24-9-13-3-2-4-14(27-13)11-5-7-12(8-6-11)18(21,22)23/h5-8,13-14H,2-4,9H2,1H3,(H,24,25)/t13-,14+/m1/s1. The van der Waals surface area contributed by atoms with E-state index in [1.54, 1.807) is 6.92 Å². The van der Waals surface area contributed by atoms with Gasteiger partial charge in [-0.05, 0) is 43.9 Å². The number of benzene rings is 1. The first-order chi connectivity index (χ1) is 12.8. The third-order valence-corrected chi connectivity index (χ3v) is 5.21. The van der Waals surface area contributed by atoms with Gasteiger partial charge in [0.1, 0.15) is 0 Å². The number of hydrogen-bond donors (Lipinski definition) is 1. The minimum Gasteiger partial charge on any atom is -0.380 e. The molecule has 27 heavy (non-hydrogen) atoms. The van der Waals surface area contributed by atoms with Crippen LogP contribution in [-0.4, -0.2) is 22.8 Å². The molecule has 4 nitrogen and oxygen atoms in total. The maximum atomic E-state index is 12.7. The lowest BCUT2D eigenvalue weighted by atomic mass is 9.97. The van der Waals surface area contributed by atoms with Crippen molar-refractivity contribution < 1.29 is 17.9 Å². The highest BCUT2D eigenvalue weighted by Crippen LogP contribution is 2.35. The molecule has 0 bridgehead atoms. The summed E-state index contributed by atoms with van der Waals surface area (Å²) in [5.74, 6) is 0. The van der Waals surface area contributed by atoms with Crippen molar-refractivity contribution in [2.75, 3.05) is 11.9 Å². The molecule has 1 N–H and O–H groups in total. The maximum absolute atomic E-state index is 12.7. The number of ether oxygens (including phenoxy) is 1. The molecule has 0 aliphatic carbocycles. The van der Waals surface area contributed by atoms with Gasteiger partial charge in [-0.2, -0.15) is 13.2 Å². The molecule has 0 radical (unpaired) electrons. The van der Waals surface area contributed by atoms with Crippen LogP contribution in [0, 0.1) is 6.92 Å². The summed E-state index contributed by atoms with van der Waals surface area (Å²) in [6, 6.07) is 5.15. The first kappa shape index (κ1) is 20.2. The van der Waals surface area contributed by atoms with Crippen LogP contribution in [0.3, 0.4) is 0 Å². The lowest BCUT2D eigenvalue weighted by Gasteiger charge is -2.31. The summed E-state index contributed by atoms with van der Waals surface area (Å²) >= 11 is 12.0. The molecule has 1 aromatic heterocycles. The maximum Gasteiger partial charge on any atom is 0.416 e. The molecule has 2 heterocycles. The van der Waals surface area contributed by atoms with Gasteiger partial charge in [0.25, 0.3) is 0 Å². The lowest BCUT2D eigenvalue weighted by molar-refractivity contribution is -0.137. The zero-order valence-electron chi connectivity index (χ0n) is 14.5. The molecule has 1 aliphatic heterocycles. The van der Waals surface area contributed by atoms with Crippen molar-refractivity contribution in [3.8, 4) is 0 Å². The molecular formula is C18H18Cl2F3N3O. The second kappa shape index (κ2) is 8.20. The largest absolute Gasteiger partial charge is 0.416 e. The Labute approximate surface area is 165 Å². The zero-order valence-corrected chi connectivity index (χ0v) is 16.0. The molecule has 0 spiro atoms. The van der Waals surface area contributed by atoms with Crippen molar-refractivity contribution in [3.05, 3.63) is 51.3 Å². The molecule has 1 aliphatic rings. The number of halogens is 5. The molecule has 2 atom stereocenters. The highest BCUT2D eigenvalue weighted by molar-refractivity contribution is 6.34. The average Bonchev–Trinajstić information content (AvgIpc) is 2.64. The number of hydrogen-bond acceptors (Lipinski definition) is 4. The number of rotatable bonds is 4. The summed E-state index contributed by atoms with van der Waals surface area (Å²) in [4.78, 5) is 0. The van der Waals surface area contributed by atoms with E-state index < -0.39 is 11.7 Å². The van der Waals surface area contributed by atoms with Gasteiger partial charge in [0.15, 0.2) is 10.3 Å². The number of anilines is 1. The first-order valence-electron chi connectivity index (χ1n) is 8.50. The van der Waals surface area contributed by atoms with E-state index in [-0.39, 0.29) is 22.5 Å². The summed E-state index contributed by atoms with van der Waals surface area (Å²) in [6.45, 7) is 2.28. The number of nitrogens with zero attached hydrogens (tertiary/aromatic N) is 2. The Morgan fingerprint density at radius 3 is 2.44 bits per heavy atom. The molecule has 146 valence electrons. The van der Waals surface area contributed by atoms with Crippen LogP contribution in [0.1, 0.15) is 42.1 Å². The fourth-order valence-corrected chi connectivity index (χ4v) is 3.45. The van der Waals surface area contributed by atoms with Crippen molar-refractivity contribution >= 4 is 28.9 Å². The molecule has 1 fully saturated rings. The first-order valence-corrected chi connectivity index (χ1v) is 9.26. The monoisotopic (exact) mass is 419 g/mol. The predicted molar refractivity (Wildman–Crippen MR) is 98.2 cm³/mol. The van der Waals surface area contributed by atoms with Crippen LogP contribution in [0.4, 0.5) is 18.9 Å². The third kappa shape index (κ3) is 4.83. The Morgan fingerprint density at radius 1 is 1.11 bits per heavy atom. The van der Waals surface area contributed by atoms with E-state index in [1.165, 1.54) is 12.1 Å². The van der Waals surface area contributed by atoms with E-state index in [2.05, 4.69) is 15.5 Å². The Morgan fingerprint density at radius 2 is 1.78 bits per heavy atom. The van der Waals surface area contributed by atoms with Crippen molar-refractivity contribution in [3.63, 3.8) is 0 Å². The van der Waals surface area contributed by atoms with Crippen molar-refractivity contribution in [1.82, 2.24) is 10.2 Å². The van der Waals surface area contributed by atoms with Crippen LogP contribution in [-0.2, 0) is 10.9 Å². The van der Waals surface area contributed by atoms with E-state index in [0.717, 1.165) is 37.0 Å². The Kier molecular flexibility index (Phi) is 6.13. The predicted octanol–water partition coefficient (Wildman–Crippen LogP) is 5.83. The van der Waals surface area contributed by atoms with Crippen LogP contribution in [0.15, 0.2) is 24.3 Å². The number of aromatic nitrogens is 2. The lowest BCUT2D eigenvalue weighted by Crippen LogP contribution is -2.29. The van der Waals surface area contributed by atoms with E-state index in [1.807, 2.05) is 0 Å². The number of alkyl halides is 3. The van der Waals surface area contributed by atoms with E-state index >= 15 is 0 Å². The molecule has 0 saturated carbocycles. The van der Waals surface area contributed by atoms with Gasteiger partial charge in [-0.1, -0.05) is 35.3 Å². The van der Waals surface area contributed by atoms with Crippen molar-refractivity contribution in [1.29, 1.82) is 0 Å². The molecule has 9 heteroatoms. The van der Waals surface area contributed by atoms with E-state index in [4.69, 9.17) is 27.9 Å². The number of nitrogens with one attached hydrogen (secondary N) is 1. The van der Waals surface area contributed by atoms with Gasteiger partial charge in [-0.3, -0.25) is 0 Å². The summed E-state index contributed by atoms with van der Waals surface area (Å²) in [7, 11) is 0. The highest BCUT2D eigenvalue weighted by Gasteiger charge is 2.31. The Balaban J connectivity index is 1.64. The van der Waals surface area contributed by atoms with Gasteiger partial charge in [-0.25, -0.2) is 0 Å².